The Hall–Kier alpha value is -3.84. The minimum atomic E-state index is -0.331. The monoisotopic (exact) mass is 415 g/mol. The Morgan fingerprint density at radius 3 is 2.55 bits per heavy atom. The van der Waals surface area contributed by atoms with Crippen molar-refractivity contribution in [2.45, 2.75) is 19.5 Å². The summed E-state index contributed by atoms with van der Waals surface area (Å²) < 4.78 is 0. The molecule has 1 aliphatic rings. The van der Waals surface area contributed by atoms with E-state index < -0.39 is 0 Å². The third-order valence-electron chi connectivity index (χ3n) is 5.16. The second-order valence-electron chi connectivity index (χ2n) is 7.49. The van der Waals surface area contributed by atoms with Crippen LogP contribution in [-0.4, -0.2) is 18.5 Å². The number of amides is 3. The van der Waals surface area contributed by atoms with E-state index in [9.17, 15) is 9.59 Å². The van der Waals surface area contributed by atoms with Crippen molar-refractivity contribution >= 4 is 29.0 Å². The molecular weight excluding hydrogens is 390 g/mol. The Morgan fingerprint density at radius 2 is 1.71 bits per heavy atom. The summed E-state index contributed by atoms with van der Waals surface area (Å²) in [5, 5.41) is 11.8. The lowest BCUT2D eigenvalue weighted by Gasteiger charge is -2.18. The number of nitrogens with two attached hydrogens (primary N) is 1. The molecular formula is C24H25N5O2. The molecule has 0 fully saturated rings. The van der Waals surface area contributed by atoms with Gasteiger partial charge in [0.1, 0.15) is 0 Å². The molecule has 0 aromatic heterocycles. The molecule has 0 atom stereocenters. The maximum absolute atomic E-state index is 12.7. The van der Waals surface area contributed by atoms with Gasteiger partial charge < -0.3 is 27.0 Å². The highest BCUT2D eigenvalue weighted by Crippen LogP contribution is 2.20. The molecule has 1 aliphatic heterocycles. The van der Waals surface area contributed by atoms with Gasteiger partial charge in [-0.05, 0) is 78.2 Å². The third kappa shape index (κ3) is 5.40. The van der Waals surface area contributed by atoms with Crippen LogP contribution in [0, 0.1) is 0 Å². The van der Waals surface area contributed by atoms with E-state index in [-0.39, 0.29) is 11.9 Å². The number of carbonyl (C=O) groups is 2. The van der Waals surface area contributed by atoms with Gasteiger partial charge in [-0.2, -0.15) is 0 Å². The maximum Gasteiger partial charge on any atom is 0.319 e. The van der Waals surface area contributed by atoms with Crippen LogP contribution >= 0.6 is 0 Å². The molecule has 6 N–H and O–H groups in total. The fraction of sp³-hybridized carbons (Fsp3) is 0.167. The summed E-state index contributed by atoms with van der Waals surface area (Å²) in [6.07, 6.45) is 1.00. The third-order valence-corrected chi connectivity index (χ3v) is 5.16. The minimum Gasteiger partial charge on any atom is -0.399 e. The first kappa shape index (κ1) is 20.4. The first-order valence-electron chi connectivity index (χ1n) is 10.2. The van der Waals surface area contributed by atoms with E-state index in [1.807, 2.05) is 18.2 Å². The van der Waals surface area contributed by atoms with E-state index in [4.69, 9.17) is 5.73 Å². The zero-order valence-corrected chi connectivity index (χ0v) is 17.1. The van der Waals surface area contributed by atoms with Gasteiger partial charge in [0.2, 0.25) is 0 Å². The van der Waals surface area contributed by atoms with Crippen molar-refractivity contribution in [3.05, 3.63) is 89.0 Å². The number of carbonyl (C=O) groups excluding carboxylic acids is 2. The Labute approximate surface area is 181 Å². The smallest absolute Gasteiger partial charge is 0.319 e. The Morgan fingerprint density at radius 1 is 0.903 bits per heavy atom. The predicted molar refractivity (Wildman–Crippen MR) is 123 cm³/mol. The lowest BCUT2D eigenvalue weighted by Crippen LogP contribution is -2.28. The van der Waals surface area contributed by atoms with Crippen molar-refractivity contribution in [1.82, 2.24) is 10.6 Å². The van der Waals surface area contributed by atoms with Crippen molar-refractivity contribution < 1.29 is 9.59 Å². The fourth-order valence-corrected chi connectivity index (χ4v) is 3.51. The van der Waals surface area contributed by atoms with Crippen LogP contribution in [0.25, 0.3) is 0 Å². The van der Waals surface area contributed by atoms with Crippen LogP contribution in [-0.2, 0) is 19.5 Å². The van der Waals surface area contributed by atoms with Crippen LogP contribution < -0.4 is 27.0 Å². The van der Waals surface area contributed by atoms with Crippen LogP contribution in [0.15, 0.2) is 66.7 Å². The van der Waals surface area contributed by atoms with Gasteiger partial charge in [-0.3, -0.25) is 4.79 Å². The number of benzene rings is 3. The van der Waals surface area contributed by atoms with Crippen molar-refractivity contribution in [1.29, 1.82) is 0 Å². The molecule has 1 heterocycles. The van der Waals surface area contributed by atoms with Gasteiger partial charge in [0.15, 0.2) is 0 Å². The minimum absolute atomic E-state index is 0.183. The van der Waals surface area contributed by atoms with Gasteiger partial charge >= 0.3 is 6.03 Å². The topological polar surface area (TPSA) is 108 Å². The Kier molecular flexibility index (Phi) is 6.14. The lowest BCUT2D eigenvalue weighted by molar-refractivity contribution is 0.102. The van der Waals surface area contributed by atoms with E-state index in [2.05, 4.69) is 27.3 Å². The number of hydrogen-bond donors (Lipinski definition) is 5. The molecule has 0 saturated heterocycles. The van der Waals surface area contributed by atoms with E-state index in [0.717, 1.165) is 30.8 Å². The number of nitrogens with one attached hydrogen (secondary N) is 4. The highest BCUT2D eigenvalue weighted by Gasteiger charge is 2.12. The number of anilines is 3. The molecule has 3 aromatic carbocycles. The van der Waals surface area contributed by atoms with Crippen LogP contribution in [0.4, 0.5) is 21.9 Å². The first-order chi connectivity index (χ1) is 15.1. The molecule has 0 saturated carbocycles. The summed E-state index contributed by atoms with van der Waals surface area (Å²) in [7, 11) is 0. The van der Waals surface area contributed by atoms with E-state index >= 15 is 0 Å². The zero-order chi connectivity index (χ0) is 21.6. The normalized spacial score (nSPS) is 12.5. The summed E-state index contributed by atoms with van der Waals surface area (Å²) in [4.78, 5) is 24.8. The lowest BCUT2D eigenvalue weighted by atomic mass is 10.0. The number of fused-ring (bicyclic) bond motifs is 1. The van der Waals surface area contributed by atoms with Crippen LogP contribution in [0.5, 0.6) is 0 Å². The summed E-state index contributed by atoms with van der Waals surface area (Å²) >= 11 is 0. The molecule has 0 spiro atoms. The molecule has 7 nitrogen and oxygen atoms in total. The maximum atomic E-state index is 12.7. The Bertz CT molecular complexity index is 1100. The highest BCUT2D eigenvalue weighted by molar-refractivity contribution is 6.04. The zero-order valence-electron chi connectivity index (χ0n) is 17.1. The number of rotatable bonds is 5. The number of nitrogen functional groups attached to an aromatic ring is 1. The Balaban J connectivity index is 1.34. The quantitative estimate of drug-likeness (QED) is 0.411. The van der Waals surface area contributed by atoms with Gasteiger partial charge in [0.25, 0.3) is 5.91 Å². The van der Waals surface area contributed by atoms with Crippen molar-refractivity contribution in [2.75, 3.05) is 22.9 Å². The molecule has 0 unspecified atom stereocenters. The molecule has 3 aromatic rings. The average molecular weight is 415 g/mol. The van der Waals surface area contributed by atoms with E-state index in [0.29, 0.717) is 23.5 Å². The number of hydrogen-bond acceptors (Lipinski definition) is 4. The molecule has 158 valence electrons. The summed E-state index contributed by atoms with van der Waals surface area (Å²) in [6.45, 7) is 2.10. The molecule has 0 bridgehead atoms. The second-order valence-corrected chi connectivity index (χ2v) is 7.49. The standard InChI is InChI=1S/C24H25N5O2/c25-20-5-8-21(9-6-20)29-24(31)27-14-16-2-1-3-18(12-16)23(30)28-22-7-4-17-10-11-26-15-19(17)13-22/h1-9,12-13,26H,10-11,14-15,25H2,(H,28,30)(H2,27,29,31). The highest BCUT2D eigenvalue weighted by atomic mass is 16.2. The fourth-order valence-electron chi connectivity index (χ4n) is 3.51. The van der Waals surface area contributed by atoms with Gasteiger partial charge in [-0.15, -0.1) is 0 Å². The molecule has 31 heavy (non-hydrogen) atoms. The van der Waals surface area contributed by atoms with E-state index in [1.165, 1.54) is 11.1 Å². The van der Waals surface area contributed by atoms with Crippen LogP contribution in [0.1, 0.15) is 27.0 Å². The molecule has 0 aliphatic carbocycles. The van der Waals surface area contributed by atoms with Gasteiger partial charge in [-0.25, -0.2) is 4.79 Å². The van der Waals surface area contributed by atoms with Crippen molar-refractivity contribution in [3.63, 3.8) is 0 Å². The van der Waals surface area contributed by atoms with Crippen molar-refractivity contribution in [2.24, 2.45) is 0 Å². The molecule has 3 amide bonds. The van der Waals surface area contributed by atoms with Crippen molar-refractivity contribution in [3.8, 4) is 0 Å². The predicted octanol–water partition coefficient (Wildman–Crippen LogP) is 3.49. The van der Waals surface area contributed by atoms with Gasteiger partial charge in [0.05, 0.1) is 0 Å². The molecule has 0 radical (unpaired) electrons. The van der Waals surface area contributed by atoms with Crippen LogP contribution in [0.3, 0.4) is 0 Å². The second kappa shape index (κ2) is 9.32. The van der Waals surface area contributed by atoms with Gasteiger partial charge in [-0.1, -0.05) is 18.2 Å². The SMILES string of the molecule is Nc1ccc(NC(=O)NCc2cccc(C(=O)Nc3ccc4c(c3)CNCC4)c2)cc1. The molecule has 4 rings (SSSR count). The summed E-state index contributed by atoms with van der Waals surface area (Å²) in [6, 6.07) is 19.8. The van der Waals surface area contributed by atoms with Gasteiger partial charge in [0, 0.05) is 35.7 Å². The average Bonchev–Trinajstić information content (AvgIpc) is 2.79. The van der Waals surface area contributed by atoms with E-state index in [1.54, 1.807) is 42.5 Å². The summed E-state index contributed by atoms with van der Waals surface area (Å²) in [5.74, 6) is -0.183. The molecule has 7 heteroatoms. The largest absolute Gasteiger partial charge is 0.399 e. The number of urea groups is 1. The first-order valence-corrected chi connectivity index (χ1v) is 10.2. The van der Waals surface area contributed by atoms with Crippen LogP contribution in [0.2, 0.25) is 0 Å². The summed E-state index contributed by atoms with van der Waals surface area (Å²) in [5.41, 5.74) is 11.6.